The number of ether oxygens (including phenoxy) is 1. The Labute approximate surface area is 155 Å². The summed E-state index contributed by atoms with van der Waals surface area (Å²) in [6, 6.07) is 8.84. The van der Waals surface area contributed by atoms with Crippen LogP contribution in [0.4, 0.5) is 0 Å². The van der Waals surface area contributed by atoms with Crippen LogP contribution in [0.15, 0.2) is 34.1 Å². The highest BCUT2D eigenvalue weighted by Gasteiger charge is 2.27. The minimum Gasteiger partial charge on any atom is -0.466 e. The van der Waals surface area contributed by atoms with Crippen LogP contribution in [0.2, 0.25) is 0 Å². The fourth-order valence-electron chi connectivity index (χ4n) is 2.85. The van der Waals surface area contributed by atoms with E-state index in [0.29, 0.717) is 11.9 Å². The number of esters is 1. The van der Waals surface area contributed by atoms with E-state index in [2.05, 4.69) is 42.4 Å². The molecule has 0 saturated carbocycles. The van der Waals surface area contributed by atoms with Gasteiger partial charge in [-0.3, -0.25) is 4.79 Å². The number of carbonyl (C=O) groups excluding carboxylic acids is 1. The summed E-state index contributed by atoms with van der Waals surface area (Å²) in [5, 5.41) is 0.705. The van der Waals surface area contributed by atoms with Gasteiger partial charge < -0.3 is 4.74 Å². The quantitative estimate of drug-likeness (QED) is 0.356. The average Bonchev–Trinajstić information content (AvgIpc) is 2.61. The van der Waals surface area contributed by atoms with Gasteiger partial charge in [-0.2, -0.15) is 0 Å². The van der Waals surface area contributed by atoms with Crippen molar-refractivity contribution in [2.75, 3.05) is 19.7 Å². The number of carbonyl (C=O) groups is 1. The average molecular weight is 368 g/mol. The van der Waals surface area contributed by atoms with Gasteiger partial charge in [0.1, 0.15) is 0 Å². The number of benzene rings is 1. The van der Waals surface area contributed by atoms with Crippen LogP contribution in [0.25, 0.3) is 0 Å². The van der Waals surface area contributed by atoms with Crippen LogP contribution < -0.4 is 0 Å². The predicted octanol–water partition coefficient (Wildman–Crippen LogP) is 5.25. The largest absolute Gasteiger partial charge is 0.466 e. The van der Waals surface area contributed by atoms with Gasteiger partial charge >= 0.3 is 5.97 Å². The molecule has 1 unspecified atom stereocenters. The zero-order valence-corrected chi connectivity index (χ0v) is 16.6. The maximum absolute atomic E-state index is 11.9. The summed E-state index contributed by atoms with van der Waals surface area (Å²) in [6.07, 6.45) is 4.42. The predicted molar refractivity (Wildman–Crippen MR) is 103 cm³/mol. The molecule has 3 nitrogen and oxygen atoms in total. The van der Waals surface area contributed by atoms with E-state index in [9.17, 15) is 4.79 Å². The SMILES string of the molecule is CCOC(=O)C1CCCN(Sc2ccc(SC(CC)CC)cc2)C1. The fraction of sp³-hybridized carbons (Fsp3) is 0.632. The van der Waals surface area contributed by atoms with Crippen molar-refractivity contribution in [3.8, 4) is 0 Å². The normalized spacial score (nSPS) is 18.8. The summed E-state index contributed by atoms with van der Waals surface area (Å²) in [5.41, 5.74) is 0. The van der Waals surface area contributed by atoms with Crippen molar-refractivity contribution in [1.29, 1.82) is 0 Å². The second-order valence-corrected chi connectivity index (χ2v) is 8.64. The highest BCUT2D eigenvalue weighted by atomic mass is 32.2. The van der Waals surface area contributed by atoms with Gasteiger partial charge in [0.15, 0.2) is 0 Å². The van der Waals surface area contributed by atoms with Gasteiger partial charge in [-0.25, -0.2) is 4.31 Å². The molecule has 2 rings (SSSR count). The van der Waals surface area contributed by atoms with Crippen molar-refractivity contribution >= 4 is 29.7 Å². The number of thioether (sulfide) groups is 1. The van der Waals surface area contributed by atoms with E-state index in [1.54, 1.807) is 11.9 Å². The summed E-state index contributed by atoms with van der Waals surface area (Å²) >= 11 is 3.73. The van der Waals surface area contributed by atoms with Crippen LogP contribution in [0.5, 0.6) is 0 Å². The molecule has 0 spiro atoms. The summed E-state index contributed by atoms with van der Waals surface area (Å²) < 4.78 is 7.48. The zero-order chi connectivity index (χ0) is 17.4. The highest BCUT2D eigenvalue weighted by Crippen LogP contribution is 2.32. The molecule has 1 saturated heterocycles. The van der Waals surface area contributed by atoms with Crippen molar-refractivity contribution in [3.63, 3.8) is 0 Å². The molecule has 1 heterocycles. The molecule has 0 aromatic heterocycles. The Morgan fingerprint density at radius 1 is 1.21 bits per heavy atom. The Hall–Kier alpha value is -0.650. The molecule has 0 radical (unpaired) electrons. The van der Waals surface area contributed by atoms with Crippen molar-refractivity contribution in [1.82, 2.24) is 4.31 Å². The third-order valence-electron chi connectivity index (χ3n) is 4.28. The Kier molecular flexibility index (Phi) is 8.50. The van der Waals surface area contributed by atoms with E-state index in [4.69, 9.17) is 4.74 Å². The second-order valence-electron chi connectivity index (χ2n) is 6.10. The van der Waals surface area contributed by atoms with Gasteiger partial charge in [0.2, 0.25) is 0 Å². The number of nitrogens with zero attached hydrogens (tertiary/aromatic N) is 1. The standard InChI is InChI=1S/C19H29NO2S2/c1-4-16(5-2)23-17-9-11-18(12-10-17)24-20-13-7-8-15(14-20)19(21)22-6-3/h9-12,15-16H,4-8,13-14H2,1-3H3. The summed E-state index contributed by atoms with van der Waals surface area (Å²) in [5.74, 6) is -0.0179. The van der Waals surface area contributed by atoms with Gasteiger partial charge in [0.25, 0.3) is 0 Å². The molecule has 1 aliphatic heterocycles. The van der Waals surface area contributed by atoms with E-state index in [0.717, 1.165) is 25.9 Å². The molecule has 0 N–H and O–H groups in total. The van der Waals surface area contributed by atoms with Crippen LogP contribution in [-0.4, -0.2) is 35.2 Å². The van der Waals surface area contributed by atoms with Gasteiger partial charge in [-0.15, -0.1) is 11.8 Å². The van der Waals surface area contributed by atoms with Crippen molar-refractivity contribution in [2.24, 2.45) is 5.92 Å². The first kappa shape index (κ1) is 19.7. The maximum Gasteiger partial charge on any atom is 0.310 e. The molecule has 1 fully saturated rings. The van der Waals surface area contributed by atoms with Gasteiger partial charge in [-0.1, -0.05) is 13.8 Å². The lowest BCUT2D eigenvalue weighted by molar-refractivity contribution is -0.149. The van der Waals surface area contributed by atoms with E-state index in [-0.39, 0.29) is 11.9 Å². The monoisotopic (exact) mass is 367 g/mol. The first-order chi connectivity index (χ1) is 11.7. The molecule has 0 aliphatic carbocycles. The molecule has 24 heavy (non-hydrogen) atoms. The lowest BCUT2D eigenvalue weighted by Crippen LogP contribution is -2.35. The van der Waals surface area contributed by atoms with E-state index in [1.807, 2.05) is 18.7 Å². The molecule has 134 valence electrons. The van der Waals surface area contributed by atoms with E-state index < -0.39 is 0 Å². The molecule has 1 aromatic rings. The molecular weight excluding hydrogens is 338 g/mol. The lowest BCUT2D eigenvalue weighted by atomic mass is 10.0. The summed E-state index contributed by atoms with van der Waals surface area (Å²) in [6.45, 7) is 8.66. The third kappa shape index (κ3) is 6.01. The van der Waals surface area contributed by atoms with E-state index in [1.165, 1.54) is 22.6 Å². The van der Waals surface area contributed by atoms with E-state index >= 15 is 0 Å². The molecular formula is C19H29NO2S2. The van der Waals surface area contributed by atoms with Crippen LogP contribution in [0, 0.1) is 5.92 Å². The molecule has 1 aliphatic rings. The number of piperidine rings is 1. The molecule has 0 bridgehead atoms. The van der Waals surface area contributed by atoms with Crippen LogP contribution in [0.1, 0.15) is 46.5 Å². The fourth-order valence-corrected chi connectivity index (χ4v) is 4.90. The van der Waals surface area contributed by atoms with Crippen molar-refractivity contribution in [2.45, 2.75) is 61.5 Å². The van der Waals surface area contributed by atoms with Crippen LogP contribution in [-0.2, 0) is 9.53 Å². The number of rotatable bonds is 8. The smallest absolute Gasteiger partial charge is 0.310 e. The number of hydrogen-bond acceptors (Lipinski definition) is 5. The zero-order valence-electron chi connectivity index (χ0n) is 15.0. The highest BCUT2D eigenvalue weighted by molar-refractivity contribution is 8.00. The minimum absolute atomic E-state index is 0.0240. The van der Waals surface area contributed by atoms with Crippen LogP contribution in [0.3, 0.4) is 0 Å². The Morgan fingerprint density at radius 3 is 2.50 bits per heavy atom. The van der Waals surface area contributed by atoms with Crippen molar-refractivity contribution in [3.05, 3.63) is 24.3 Å². The molecule has 1 aromatic carbocycles. The summed E-state index contributed by atoms with van der Waals surface area (Å²) in [4.78, 5) is 14.5. The minimum atomic E-state index is -0.0419. The first-order valence-electron chi connectivity index (χ1n) is 9.02. The second kappa shape index (κ2) is 10.4. The lowest BCUT2D eigenvalue weighted by Gasteiger charge is -2.30. The maximum atomic E-state index is 11.9. The Morgan fingerprint density at radius 2 is 1.88 bits per heavy atom. The number of hydrogen-bond donors (Lipinski definition) is 0. The first-order valence-corrected chi connectivity index (χ1v) is 10.7. The van der Waals surface area contributed by atoms with Gasteiger partial charge in [0.05, 0.1) is 12.5 Å². The Balaban J connectivity index is 1.87. The van der Waals surface area contributed by atoms with Crippen molar-refractivity contribution < 1.29 is 9.53 Å². The Bertz CT molecular complexity index is 503. The third-order valence-corrected chi connectivity index (χ3v) is 6.89. The molecule has 0 amide bonds. The summed E-state index contributed by atoms with van der Waals surface area (Å²) in [7, 11) is 0. The van der Waals surface area contributed by atoms with Crippen LogP contribution >= 0.6 is 23.7 Å². The molecule has 1 atom stereocenters. The van der Waals surface area contributed by atoms with Gasteiger partial charge in [-0.05, 0) is 68.8 Å². The molecule has 5 heteroatoms. The van der Waals surface area contributed by atoms with Gasteiger partial charge in [0, 0.05) is 28.1 Å². The topological polar surface area (TPSA) is 29.5 Å².